The topological polar surface area (TPSA) is 29.5 Å². The van der Waals surface area contributed by atoms with Crippen LogP contribution in [-0.2, 0) is 9.53 Å². The molecule has 78 valence electrons. The van der Waals surface area contributed by atoms with Crippen molar-refractivity contribution in [1.29, 1.82) is 0 Å². The van der Waals surface area contributed by atoms with E-state index in [1.807, 2.05) is 0 Å². The van der Waals surface area contributed by atoms with Crippen LogP contribution in [0.2, 0.25) is 0 Å². The minimum atomic E-state index is -0.0981. The Labute approximate surface area is 84.4 Å². The monoisotopic (exact) mass is 195 g/mol. The number of Topliss-reactive ketones (excluding diaryl/α,β-unsaturated/α-hetero) is 1. The molecule has 0 N–H and O–H groups in total. The zero-order valence-corrected chi connectivity index (χ0v) is 8.66. The van der Waals surface area contributed by atoms with Crippen LogP contribution in [0.4, 0.5) is 0 Å². The van der Waals surface area contributed by atoms with Crippen LogP contribution in [0.25, 0.3) is 0 Å². The van der Waals surface area contributed by atoms with Crippen LogP contribution in [0.1, 0.15) is 32.6 Å². The molecule has 0 aromatic carbocycles. The van der Waals surface area contributed by atoms with Crippen molar-refractivity contribution in [1.82, 2.24) is 4.90 Å². The summed E-state index contributed by atoms with van der Waals surface area (Å²) in [6, 6.07) is 1.40. The number of hydrogen-bond acceptors (Lipinski definition) is 3. The fourth-order valence-electron chi connectivity index (χ4n) is 3.03. The lowest BCUT2D eigenvalue weighted by Gasteiger charge is -2.22. The van der Waals surface area contributed by atoms with E-state index in [0.29, 0.717) is 19.1 Å². The molecule has 3 rings (SSSR count). The van der Waals surface area contributed by atoms with Crippen molar-refractivity contribution < 1.29 is 9.53 Å². The lowest BCUT2D eigenvalue weighted by atomic mass is 9.97. The van der Waals surface area contributed by atoms with Crippen LogP contribution in [0.15, 0.2) is 0 Å². The van der Waals surface area contributed by atoms with Crippen molar-refractivity contribution in [3.8, 4) is 0 Å². The van der Waals surface area contributed by atoms with Gasteiger partial charge in [-0.1, -0.05) is 0 Å². The summed E-state index contributed by atoms with van der Waals surface area (Å²) in [4.78, 5) is 13.8. The summed E-state index contributed by atoms with van der Waals surface area (Å²) < 4.78 is 5.70. The highest BCUT2D eigenvalue weighted by molar-refractivity contribution is 5.82. The molecule has 2 saturated heterocycles. The number of rotatable bonds is 1. The van der Waals surface area contributed by atoms with Gasteiger partial charge < -0.3 is 4.74 Å². The van der Waals surface area contributed by atoms with Gasteiger partial charge in [-0.2, -0.15) is 0 Å². The predicted molar refractivity (Wildman–Crippen MR) is 52.1 cm³/mol. The lowest BCUT2D eigenvalue weighted by molar-refractivity contribution is -0.117. The van der Waals surface area contributed by atoms with E-state index in [-0.39, 0.29) is 11.4 Å². The highest BCUT2D eigenvalue weighted by Gasteiger charge is 2.51. The minimum absolute atomic E-state index is 0.0981. The number of carbonyl (C=O) groups is 1. The molecule has 3 nitrogen and oxygen atoms in total. The van der Waals surface area contributed by atoms with E-state index >= 15 is 0 Å². The summed E-state index contributed by atoms with van der Waals surface area (Å²) in [5.41, 5.74) is -0.0981. The van der Waals surface area contributed by atoms with E-state index in [0.717, 1.165) is 19.0 Å². The average molecular weight is 195 g/mol. The second kappa shape index (κ2) is 2.80. The Bertz CT molecular complexity index is 274. The largest absolute Gasteiger partial charge is 0.365 e. The van der Waals surface area contributed by atoms with E-state index in [1.54, 1.807) is 0 Å². The molecule has 1 aliphatic carbocycles. The third-order valence-electron chi connectivity index (χ3n) is 3.78. The molecular weight excluding hydrogens is 178 g/mol. The molecule has 1 spiro atoms. The molecule has 0 aromatic rings. The van der Waals surface area contributed by atoms with Crippen molar-refractivity contribution >= 4 is 5.78 Å². The van der Waals surface area contributed by atoms with Gasteiger partial charge >= 0.3 is 0 Å². The van der Waals surface area contributed by atoms with Crippen LogP contribution in [0, 0.1) is 0 Å². The Morgan fingerprint density at radius 1 is 1.50 bits per heavy atom. The van der Waals surface area contributed by atoms with Gasteiger partial charge in [0.15, 0.2) is 5.78 Å². The Hall–Kier alpha value is -0.410. The van der Waals surface area contributed by atoms with Crippen molar-refractivity contribution in [3.63, 3.8) is 0 Å². The zero-order valence-electron chi connectivity index (χ0n) is 8.66. The maximum absolute atomic E-state index is 11.3. The van der Waals surface area contributed by atoms with E-state index in [4.69, 9.17) is 4.74 Å². The molecule has 3 heteroatoms. The first-order chi connectivity index (χ1) is 6.69. The molecule has 0 radical (unpaired) electrons. The molecule has 2 heterocycles. The maximum atomic E-state index is 11.3. The van der Waals surface area contributed by atoms with Crippen molar-refractivity contribution in [2.45, 2.75) is 50.3 Å². The van der Waals surface area contributed by atoms with Crippen LogP contribution >= 0.6 is 0 Å². The quantitative estimate of drug-likeness (QED) is 0.624. The zero-order chi connectivity index (χ0) is 9.76. The van der Waals surface area contributed by atoms with E-state index in [1.165, 1.54) is 12.8 Å². The summed E-state index contributed by atoms with van der Waals surface area (Å²) >= 11 is 0. The third kappa shape index (κ3) is 1.30. The molecule has 3 fully saturated rings. The first kappa shape index (κ1) is 8.86. The summed E-state index contributed by atoms with van der Waals surface area (Å²) in [6.07, 6.45) is 4.39. The summed E-state index contributed by atoms with van der Waals surface area (Å²) in [7, 11) is 0. The first-order valence-corrected chi connectivity index (χ1v) is 5.60. The van der Waals surface area contributed by atoms with Gasteiger partial charge in [0.05, 0.1) is 5.60 Å². The first-order valence-electron chi connectivity index (χ1n) is 5.60. The van der Waals surface area contributed by atoms with Gasteiger partial charge in [0.25, 0.3) is 0 Å². The van der Waals surface area contributed by atoms with Gasteiger partial charge in [-0.15, -0.1) is 0 Å². The number of likely N-dealkylation sites (tertiary alicyclic amines) is 1. The lowest BCUT2D eigenvalue weighted by Crippen LogP contribution is -2.34. The second-order valence-electron chi connectivity index (χ2n) is 5.14. The van der Waals surface area contributed by atoms with Gasteiger partial charge in [-0.05, 0) is 26.2 Å². The Balaban J connectivity index is 1.75. The van der Waals surface area contributed by atoms with Crippen molar-refractivity contribution in [2.24, 2.45) is 0 Å². The van der Waals surface area contributed by atoms with Gasteiger partial charge in [-0.3, -0.25) is 9.69 Å². The summed E-state index contributed by atoms with van der Waals surface area (Å²) in [6.45, 7) is 3.61. The number of hydrogen-bond donors (Lipinski definition) is 0. The Morgan fingerprint density at radius 2 is 2.29 bits per heavy atom. The second-order valence-corrected chi connectivity index (χ2v) is 5.14. The molecular formula is C11H17NO2. The predicted octanol–water partition coefficient (Wildman–Crippen LogP) is 0.971. The fourth-order valence-corrected chi connectivity index (χ4v) is 3.03. The smallest absolute Gasteiger partial charge is 0.161 e. The number of nitrogens with zero attached hydrogens (tertiary/aromatic N) is 1. The van der Waals surface area contributed by atoms with Gasteiger partial charge in [-0.25, -0.2) is 0 Å². The molecule has 2 aliphatic heterocycles. The maximum Gasteiger partial charge on any atom is 0.161 e. The average Bonchev–Trinajstić information content (AvgIpc) is 2.84. The highest BCUT2D eigenvalue weighted by Crippen LogP contribution is 2.42. The summed E-state index contributed by atoms with van der Waals surface area (Å²) in [5.74, 6) is 0.287. The highest BCUT2D eigenvalue weighted by atomic mass is 16.5. The third-order valence-corrected chi connectivity index (χ3v) is 3.78. The summed E-state index contributed by atoms with van der Waals surface area (Å²) in [5, 5.41) is 0. The molecule has 0 amide bonds. The van der Waals surface area contributed by atoms with Crippen molar-refractivity contribution in [2.75, 3.05) is 13.2 Å². The molecule has 0 bridgehead atoms. The SMILES string of the molecule is CC1CC2(CC(=O)CO2)CN1C1CC1. The molecule has 14 heavy (non-hydrogen) atoms. The van der Waals surface area contributed by atoms with E-state index in [9.17, 15) is 4.79 Å². The van der Waals surface area contributed by atoms with Crippen molar-refractivity contribution in [3.05, 3.63) is 0 Å². The standard InChI is InChI=1S/C11H17NO2/c1-8-4-11(5-10(13)6-14-11)7-12(8)9-2-3-9/h8-9H,2-7H2,1H3. The molecule has 3 aliphatic rings. The van der Waals surface area contributed by atoms with Crippen LogP contribution in [0.3, 0.4) is 0 Å². The van der Waals surface area contributed by atoms with E-state index in [2.05, 4.69) is 11.8 Å². The molecule has 0 aromatic heterocycles. The van der Waals surface area contributed by atoms with E-state index < -0.39 is 0 Å². The van der Waals surface area contributed by atoms with Gasteiger partial charge in [0.1, 0.15) is 6.61 Å². The number of carbonyl (C=O) groups excluding carboxylic acids is 1. The van der Waals surface area contributed by atoms with Crippen LogP contribution in [-0.4, -0.2) is 41.5 Å². The van der Waals surface area contributed by atoms with Crippen LogP contribution < -0.4 is 0 Å². The fraction of sp³-hybridized carbons (Fsp3) is 0.909. The Morgan fingerprint density at radius 3 is 2.86 bits per heavy atom. The number of ketones is 1. The molecule has 2 atom stereocenters. The number of ether oxygens (including phenoxy) is 1. The molecule has 1 saturated carbocycles. The normalized spacial score (nSPS) is 44.1. The molecule has 2 unspecified atom stereocenters. The van der Waals surface area contributed by atoms with Gasteiger partial charge in [0, 0.05) is 25.0 Å². The van der Waals surface area contributed by atoms with Gasteiger partial charge in [0.2, 0.25) is 0 Å². The Kier molecular flexibility index (Phi) is 1.77. The minimum Gasteiger partial charge on any atom is -0.365 e. The van der Waals surface area contributed by atoms with Crippen LogP contribution in [0.5, 0.6) is 0 Å².